The third-order valence-electron chi connectivity index (χ3n) is 1.79. The van der Waals surface area contributed by atoms with Crippen molar-refractivity contribution in [1.82, 2.24) is 5.48 Å². The minimum Gasteiger partial charge on any atom is -0.490 e. The minimum absolute atomic E-state index is 0.367. The second kappa shape index (κ2) is 8.81. The Balaban J connectivity index is 2.04. The number of benzene rings is 1. The Morgan fingerprint density at radius 3 is 2.76 bits per heavy atom. The quantitative estimate of drug-likeness (QED) is 0.426. The second-order valence-electron chi connectivity index (χ2n) is 3.12. The molecule has 0 aliphatic rings. The summed E-state index contributed by atoms with van der Waals surface area (Å²) in [5, 5.41) is 12.6. The lowest BCUT2D eigenvalue weighted by Gasteiger charge is -2.04. The maximum absolute atomic E-state index is 8.27. The zero-order chi connectivity index (χ0) is 12.3. The molecule has 1 rings (SSSR count). The maximum Gasteiger partial charge on any atom is 0.151 e. The standard InChI is InChI=1S/C11H15ClN2O3/c12-10-2-4-11(5-3-10)16-8-9-17-14-7-1-6-13-15/h2-5,7,13,15H,1,6,8-9H2. The van der Waals surface area contributed by atoms with Crippen molar-refractivity contribution in [2.75, 3.05) is 19.8 Å². The zero-order valence-electron chi connectivity index (χ0n) is 9.30. The van der Waals surface area contributed by atoms with Crippen molar-refractivity contribution in [3.8, 4) is 5.75 Å². The van der Waals surface area contributed by atoms with E-state index >= 15 is 0 Å². The van der Waals surface area contributed by atoms with Gasteiger partial charge in [0.05, 0.1) is 0 Å². The van der Waals surface area contributed by atoms with E-state index in [0.717, 1.165) is 5.75 Å². The summed E-state index contributed by atoms with van der Waals surface area (Å²) in [6, 6.07) is 7.10. The molecule has 0 atom stereocenters. The molecule has 0 heterocycles. The van der Waals surface area contributed by atoms with E-state index in [-0.39, 0.29) is 0 Å². The van der Waals surface area contributed by atoms with Crippen LogP contribution in [-0.4, -0.2) is 31.2 Å². The first-order valence-corrected chi connectivity index (χ1v) is 5.60. The van der Waals surface area contributed by atoms with Crippen LogP contribution >= 0.6 is 11.6 Å². The lowest BCUT2D eigenvalue weighted by Crippen LogP contribution is -2.09. The van der Waals surface area contributed by atoms with E-state index < -0.39 is 0 Å². The van der Waals surface area contributed by atoms with Gasteiger partial charge in [-0.15, -0.1) is 0 Å². The van der Waals surface area contributed by atoms with E-state index in [1.54, 1.807) is 30.5 Å². The van der Waals surface area contributed by atoms with Crippen molar-refractivity contribution in [2.45, 2.75) is 6.42 Å². The minimum atomic E-state index is 0.367. The van der Waals surface area contributed by atoms with Gasteiger partial charge < -0.3 is 14.8 Å². The fourth-order valence-corrected chi connectivity index (χ4v) is 1.14. The highest BCUT2D eigenvalue weighted by Gasteiger charge is 1.93. The number of nitrogens with zero attached hydrogens (tertiary/aromatic N) is 1. The van der Waals surface area contributed by atoms with Gasteiger partial charge in [-0.05, 0) is 24.3 Å². The van der Waals surface area contributed by atoms with Crippen molar-refractivity contribution < 1.29 is 14.8 Å². The van der Waals surface area contributed by atoms with Crippen LogP contribution < -0.4 is 10.2 Å². The number of rotatable bonds is 8. The van der Waals surface area contributed by atoms with Crippen molar-refractivity contribution in [3.05, 3.63) is 29.3 Å². The fraction of sp³-hybridized carbons (Fsp3) is 0.364. The molecule has 0 fully saturated rings. The fourth-order valence-electron chi connectivity index (χ4n) is 1.01. The SMILES string of the molecule is ONCCC=NOCCOc1ccc(Cl)cc1. The first kappa shape index (κ1) is 13.8. The van der Waals surface area contributed by atoms with Crippen LogP contribution in [-0.2, 0) is 4.84 Å². The molecule has 5 nitrogen and oxygen atoms in total. The summed E-state index contributed by atoms with van der Waals surface area (Å²) in [7, 11) is 0. The average Bonchev–Trinajstić information content (AvgIpc) is 2.35. The highest BCUT2D eigenvalue weighted by molar-refractivity contribution is 6.30. The average molecular weight is 259 g/mol. The van der Waals surface area contributed by atoms with E-state index in [1.807, 2.05) is 5.48 Å². The van der Waals surface area contributed by atoms with Crippen LogP contribution in [0.15, 0.2) is 29.4 Å². The van der Waals surface area contributed by atoms with E-state index in [1.165, 1.54) is 0 Å². The highest BCUT2D eigenvalue weighted by atomic mass is 35.5. The van der Waals surface area contributed by atoms with Gasteiger partial charge >= 0.3 is 0 Å². The molecule has 0 radical (unpaired) electrons. The van der Waals surface area contributed by atoms with Crippen LogP contribution in [0, 0.1) is 0 Å². The van der Waals surface area contributed by atoms with Gasteiger partial charge in [-0.2, -0.15) is 0 Å². The van der Waals surface area contributed by atoms with Gasteiger partial charge in [0.2, 0.25) is 0 Å². The molecule has 0 amide bonds. The van der Waals surface area contributed by atoms with Crippen molar-refractivity contribution in [3.63, 3.8) is 0 Å². The van der Waals surface area contributed by atoms with Gasteiger partial charge in [-0.25, -0.2) is 5.48 Å². The molecule has 0 bridgehead atoms. The number of hydrogen-bond donors (Lipinski definition) is 2. The molecular formula is C11H15ClN2O3. The molecule has 17 heavy (non-hydrogen) atoms. The van der Waals surface area contributed by atoms with Crippen LogP contribution in [0.25, 0.3) is 0 Å². The van der Waals surface area contributed by atoms with Gasteiger partial charge in [-0.1, -0.05) is 16.8 Å². The lowest BCUT2D eigenvalue weighted by molar-refractivity contribution is 0.107. The second-order valence-corrected chi connectivity index (χ2v) is 3.56. The Labute approximate surface area is 105 Å². The van der Waals surface area contributed by atoms with Crippen LogP contribution in [0.4, 0.5) is 0 Å². The number of hydroxylamine groups is 1. The molecule has 0 saturated heterocycles. The third kappa shape index (κ3) is 6.78. The Kier molecular flexibility index (Phi) is 7.13. The summed E-state index contributed by atoms with van der Waals surface area (Å²) in [5.74, 6) is 0.742. The molecule has 6 heteroatoms. The summed E-state index contributed by atoms with van der Waals surface area (Å²) < 4.78 is 5.38. The number of ether oxygens (including phenoxy) is 1. The summed E-state index contributed by atoms with van der Waals surface area (Å²) in [4.78, 5) is 4.93. The summed E-state index contributed by atoms with van der Waals surface area (Å²) in [6.07, 6.45) is 2.18. The number of hydrogen-bond acceptors (Lipinski definition) is 5. The predicted octanol–water partition coefficient (Wildman–Crippen LogP) is 2.09. The molecule has 0 aliphatic heterocycles. The van der Waals surface area contributed by atoms with Crippen LogP contribution in [0.3, 0.4) is 0 Å². The summed E-state index contributed by atoms with van der Waals surface area (Å²) in [6.45, 7) is 1.23. The highest BCUT2D eigenvalue weighted by Crippen LogP contribution is 2.15. The van der Waals surface area contributed by atoms with E-state index in [2.05, 4.69) is 5.16 Å². The van der Waals surface area contributed by atoms with E-state index in [4.69, 9.17) is 26.4 Å². The lowest BCUT2D eigenvalue weighted by atomic mass is 10.3. The van der Waals surface area contributed by atoms with E-state index in [0.29, 0.717) is 31.2 Å². The summed E-state index contributed by atoms with van der Waals surface area (Å²) >= 11 is 5.73. The van der Waals surface area contributed by atoms with Gasteiger partial charge in [-0.3, -0.25) is 0 Å². The number of halogens is 1. The van der Waals surface area contributed by atoms with E-state index in [9.17, 15) is 0 Å². The van der Waals surface area contributed by atoms with Crippen LogP contribution in [0.2, 0.25) is 5.02 Å². The number of nitrogens with one attached hydrogen (secondary N) is 1. The van der Waals surface area contributed by atoms with Gasteiger partial charge in [0.25, 0.3) is 0 Å². The van der Waals surface area contributed by atoms with Crippen molar-refractivity contribution in [2.24, 2.45) is 5.16 Å². The third-order valence-corrected chi connectivity index (χ3v) is 2.04. The Bertz CT molecular complexity index is 330. The van der Waals surface area contributed by atoms with Gasteiger partial charge in [0.1, 0.15) is 12.4 Å². The molecule has 0 aromatic heterocycles. The van der Waals surface area contributed by atoms with Crippen molar-refractivity contribution >= 4 is 17.8 Å². The monoisotopic (exact) mass is 258 g/mol. The molecule has 0 aliphatic carbocycles. The first-order valence-electron chi connectivity index (χ1n) is 5.22. The zero-order valence-corrected chi connectivity index (χ0v) is 10.1. The topological polar surface area (TPSA) is 63.1 Å². The molecule has 1 aromatic rings. The van der Waals surface area contributed by atoms with Gasteiger partial charge in [0, 0.05) is 24.2 Å². The first-order chi connectivity index (χ1) is 8.33. The normalized spacial score (nSPS) is 10.7. The van der Waals surface area contributed by atoms with Crippen molar-refractivity contribution in [1.29, 1.82) is 0 Å². The molecule has 0 unspecified atom stereocenters. The molecule has 0 spiro atoms. The smallest absolute Gasteiger partial charge is 0.151 e. The Morgan fingerprint density at radius 1 is 1.29 bits per heavy atom. The molecule has 2 N–H and O–H groups in total. The van der Waals surface area contributed by atoms with Crippen LogP contribution in [0.5, 0.6) is 5.75 Å². The predicted molar refractivity (Wildman–Crippen MR) is 65.8 cm³/mol. The molecule has 94 valence electrons. The van der Waals surface area contributed by atoms with Crippen LogP contribution in [0.1, 0.15) is 6.42 Å². The molecule has 0 saturated carbocycles. The molecular weight excluding hydrogens is 244 g/mol. The summed E-state index contributed by atoms with van der Waals surface area (Å²) in [5.41, 5.74) is 2.01. The maximum atomic E-state index is 8.27. The molecule has 1 aromatic carbocycles. The Hall–Kier alpha value is -1.30. The largest absolute Gasteiger partial charge is 0.490 e. The van der Waals surface area contributed by atoms with Gasteiger partial charge in [0.15, 0.2) is 6.61 Å². The number of oxime groups is 1. The Morgan fingerprint density at radius 2 is 2.06 bits per heavy atom.